The van der Waals surface area contributed by atoms with E-state index in [-0.39, 0.29) is 5.97 Å². The normalized spacial score (nSPS) is 11.7. The first kappa shape index (κ1) is 11.2. The predicted molar refractivity (Wildman–Crippen MR) is 53.4 cm³/mol. The van der Waals surface area contributed by atoms with E-state index in [2.05, 4.69) is 31.9 Å². The molecule has 2 nitrogen and oxygen atoms in total. The van der Waals surface area contributed by atoms with E-state index in [0.29, 0.717) is 5.76 Å². The summed E-state index contributed by atoms with van der Waals surface area (Å²) in [5, 5.41) is 0. The molecule has 0 atom stereocenters. The molecule has 12 heavy (non-hydrogen) atoms. The molecule has 0 aromatic rings. The van der Waals surface area contributed by atoms with Crippen LogP contribution in [0, 0.1) is 0 Å². The molecule has 0 aromatic carbocycles. The number of ether oxygens (including phenoxy) is 1. The highest BCUT2D eigenvalue weighted by Crippen LogP contribution is 2.05. The van der Waals surface area contributed by atoms with Gasteiger partial charge in [-0.15, -0.1) is 0 Å². The quantitative estimate of drug-likeness (QED) is 0.291. The Hall–Kier alpha value is -0.833. The highest BCUT2D eigenvalue weighted by molar-refractivity contribution is 6.81. The number of carbonyl (C=O) groups is 1. The van der Waals surface area contributed by atoms with E-state index >= 15 is 0 Å². The summed E-state index contributed by atoms with van der Waals surface area (Å²) in [7, 11) is -1.20. The first-order valence-corrected chi connectivity index (χ1v) is 7.45. The molecule has 0 aliphatic rings. The fourth-order valence-electron chi connectivity index (χ4n) is 0.562. The van der Waals surface area contributed by atoms with Gasteiger partial charge >= 0.3 is 5.97 Å². The minimum absolute atomic E-state index is 0.319. The van der Waals surface area contributed by atoms with Gasteiger partial charge in [0.15, 0.2) is 0 Å². The van der Waals surface area contributed by atoms with Crippen molar-refractivity contribution >= 4 is 14.0 Å². The van der Waals surface area contributed by atoms with Crippen molar-refractivity contribution in [2.45, 2.75) is 26.6 Å². The van der Waals surface area contributed by atoms with Crippen LogP contribution in [0.2, 0.25) is 19.6 Å². The van der Waals surface area contributed by atoms with Gasteiger partial charge in [-0.05, 0) is 6.08 Å². The number of allylic oxidation sites excluding steroid dienone is 1. The molecule has 0 aliphatic carbocycles. The number of rotatable bonds is 3. The van der Waals surface area contributed by atoms with Crippen molar-refractivity contribution in [1.82, 2.24) is 0 Å². The summed E-state index contributed by atoms with van der Waals surface area (Å²) in [5.41, 5.74) is 2.08. The van der Waals surface area contributed by atoms with Gasteiger partial charge in [0.2, 0.25) is 0 Å². The van der Waals surface area contributed by atoms with Crippen molar-refractivity contribution in [3.8, 4) is 0 Å². The SMILES string of the molecule is C=C(C=C[Si](C)(C)C)OC(C)=O. The highest BCUT2D eigenvalue weighted by Gasteiger charge is 2.07. The fourth-order valence-corrected chi connectivity index (χ4v) is 1.25. The van der Waals surface area contributed by atoms with Crippen molar-refractivity contribution in [2.75, 3.05) is 0 Å². The Balaban J connectivity index is 4.01. The van der Waals surface area contributed by atoms with Gasteiger partial charge in [0.05, 0.1) is 8.07 Å². The summed E-state index contributed by atoms with van der Waals surface area (Å²) in [6.45, 7) is 11.6. The van der Waals surface area contributed by atoms with E-state index in [1.807, 2.05) is 0 Å². The molecule has 0 amide bonds. The van der Waals surface area contributed by atoms with Crippen LogP contribution in [-0.2, 0) is 9.53 Å². The molecular formula is C9H16O2Si. The van der Waals surface area contributed by atoms with Crippen LogP contribution in [0.4, 0.5) is 0 Å². The minimum Gasteiger partial charge on any atom is -0.427 e. The van der Waals surface area contributed by atoms with Crippen LogP contribution in [0.25, 0.3) is 0 Å². The van der Waals surface area contributed by atoms with Gasteiger partial charge in [-0.25, -0.2) is 0 Å². The van der Waals surface area contributed by atoms with E-state index in [1.54, 1.807) is 6.08 Å². The summed E-state index contributed by atoms with van der Waals surface area (Å²) in [4.78, 5) is 10.5. The summed E-state index contributed by atoms with van der Waals surface area (Å²) in [6.07, 6.45) is 1.77. The van der Waals surface area contributed by atoms with Crippen molar-refractivity contribution in [3.63, 3.8) is 0 Å². The second-order valence-electron chi connectivity index (χ2n) is 3.76. The molecule has 0 unspecified atom stereocenters. The average molecular weight is 184 g/mol. The third kappa shape index (κ3) is 7.28. The number of esters is 1. The molecule has 3 heteroatoms. The molecule has 0 saturated carbocycles. The van der Waals surface area contributed by atoms with E-state index in [9.17, 15) is 4.79 Å². The average Bonchev–Trinajstić information content (AvgIpc) is 1.80. The maximum absolute atomic E-state index is 10.5. The van der Waals surface area contributed by atoms with Gasteiger partial charge in [0.1, 0.15) is 5.76 Å². The summed E-state index contributed by atoms with van der Waals surface area (Å²) >= 11 is 0. The second kappa shape index (κ2) is 4.26. The summed E-state index contributed by atoms with van der Waals surface area (Å²) < 4.78 is 4.75. The Morgan fingerprint density at radius 3 is 2.25 bits per heavy atom. The number of carbonyl (C=O) groups excluding carboxylic acids is 1. The molecule has 68 valence electrons. The zero-order valence-electron chi connectivity index (χ0n) is 8.18. The first-order chi connectivity index (χ1) is 5.31. The lowest BCUT2D eigenvalue weighted by atomic mass is 10.5. The van der Waals surface area contributed by atoms with Crippen LogP contribution in [-0.4, -0.2) is 14.0 Å². The van der Waals surface area contributed by atoms with Crippen molar-refractivity contribution < 1.29 is 9.53 Å². The van der Waals surface area contributed by atoms with Crippen molar-refractivity contribution in [1.29, 1.82) is 0 Å². The molecular weight excluding hydrogens is 168 g/mol. The molecule has 0 aliphatic heterocycles. The predicted octanol–water partition coefficient (Wildman–Crippen LogP) is 2.50. The monoisotopic (exact) mass is 184 g/mol. The van der Waals surface area contributed by atoms with E-state index in [0.717, 1.165) is 0 Å². The topological polar surface area (TPSA) is 26.3 Å². The van der Waals surface area contributed by atoms with Crippen LogP contribution < -0.4 is 0 Å². The molecule has 0 spiro atoms. The fraction of sp³-hybridized carbons (Fsp3) is 0.444. The lowest BCUT2D eigenvalue weighted by Gasteiger charge is -2.08. The summed E-state index contributed by atoms with van der Waals surface area (Å²) in [5.74, 6) is 0.102. The smallest absolute Gasteiger partial charge is 0.308 e. The first-order valence-electron chi connectivity index (χ1n) is 3.88. The Bertz CT molecular complexity index is 211. The summed E-state index contributed by atoms with van der Waals surface area (Å²) in [6, 6.07) is 0. The molecule has 0 radical (unpaired) electrons. The maximum Gasteiger partial charge on any atom is 0.308 e. The van der Waals surface area contributed by atoms with Crippen LogP contribution >= 0.6 is 0 Å². The van der Waals surface area contributed by atoms with Crippen LogP contribution in [0.1, 0.15) is 6.92 Å². The minimum atomic E-state index is -1.20. The van der Waals surface area contributed by atoms with Gasteiger partial charge in [-0.1, -0.05) is 31.9 Å². The van der Waals surface area contributed by atoms with Crippen LogP contribution in [0.5, 0.6) is 0 Å². The Labute approximate surface area is 74.9 Å². The molecule has 0 heterocycles. The zero-order chi connectivity index (χ0) is 9.78. The van der Waals surface area contributed by atoms with Gasteiger partial charge in [0.25, 0.3) is 0 Å². The van der Waals surface area contributed by atoms with Crippen LogP contribution in [0.15, 0.2) is 24.1 Å². The molecule has 0 N–H and O–H groups in total. The standard InChI is InChI=1S/C9H16O2Si/c1-8(11-9(2)10)6-7-12(3,4)5/h6-7H,1H2,2-5H3. The number of hydrogen-bond donors (Lipinski definition) is 0. The highest BCUT2D eigenvalue weighted by atomic mass is 28.3. The van der Waals surface area contributed by atoms with Crippen molar-refractivity contribution in [3.05, 3.63) is 24.1 Å². The molecule has 0 aromatic heterocycles. The lowest BCUT2D eigenvalue weighted by molar-refractivity contribution is -0.136. The Morgan fingerprint density at radius 2 is 1.92 bits per heavy atom. The van der Waals surface area contributed by atoms with Crippen LogP contribution in [0.3, 0.4) is 0 Å². The molecule has 0 fully saturated rings. The van der Waals surface area contributed by atoms with Crippen molar-refractivity contribution in [2.24, 2.45) is 0 Å². The van der Waals surface area contributed by atoms with E-state index in [4.69, 9.17) is 4.74 Å². The number of hydrogen-bond acceptors (Lipinski definition) is 2. The van der Waals surface area contributed by atoms with E-state index < -0.39 is 8.07 Å². The Kier molecular flexibility index (Phi) is 3.96. The second-order valence-corrected chi connectivity index (χ2v) is 8.82. The van der Waals surface area contributed by atoms with Gasteiger partial charge in [-0.2, -0.15) is 0 Å². The van der Waals surface area contributed by atoms with Gasteiger partial charge in [0, 0.05) is 6.92 Å². The van der Waals surface area contributed by atoms with E-state index in [1.165, 1.54) is 6.92 Å². The molecule has 0 bridgehead atoms. The van der Waals surface area contributed by atoms with Gasteiger partial charge in [-0.3, -0.25) is 4.79 Å². The van der Waals surface area contributed by atoms with Gasteiger partial charge < -0.3 is 4.74 Å². The zero-order valence-corrected chi connectivity index (χ0v) is 9.18. The lowest BCUT2D eigenvalue weighted by Crippen LogP contribution is -2.15. The molecule has 0 saturated heterocycles. The third-order valence-electron chi connectivity index (χ3n) is 1.04. The largest absolute Gasteiger partial charge is 0.427 e. The maximum atomic E-state index is 10.5. The molecule has 0 rings (SSSR count). The Morgan fingerprint density at radius 1 is 1.42 bits per heavy atom. The third-order valence-corrected chi connectivity index (χ3v) is 2.21.